The number of hydrogen-bond acceptors (Lipinski definition) is 4. The third kappa shape index (κ3) is 3.53. The first-order chi connectivity index (χ1) is 9.08. The molecular formula is C12H9Cl2N3OS. The summed E-state index contributed by atoms with van der Waals surface area (Å²) in [6.07, 6.45) is 3.09. The molecule has 2 aromatic heterocycles. The zero-order valence-electron chi connectivity index (χ0n) is 9.85. The van der Waals surface area contributed by atoms with Crippen molar-refractivity contribution in [1.29, 1.82) is 0 Å². The van der Waals surface area contributed by atoms with Crippen LogP contribution in [0.2, 0.25) is 8.67 Å². The van der Waals surface area contributed by atoms with E-state index in [1.54, 1.807) is 37.5 Å². The highest BCUT2D eigenvalue weighted by Gasteiger charge is 2.09. The van der Waals surface area contributed by atoms with Crippen molar-refractivity contribution in [3.8, 4) is 0 Å². The standard InChI is InChI=1S/C12H9Cl2N3OS/c1-7(9-6-10(13)19-11(9)14)16-17-12(18)8-2-4-15-5-3-8/h2-6H,1H3,(H,17,18). The Morgan fingerprint density at radius 2 is 2.05 bits per heavy atom. The van der Waals surface area contributed by atoms with E-state index in [4.69, 9.17) is 23.2 Å². The summed E-state index contributed by atoms with van der Waals surface area (Å²) in [7, 11) is 0. The van der Waals surface area contributed by atoms with Gasteiger partial charge in [0.1, 0.15) is 4.34 Å². The van der Waals surface area contributed by atoms with Gasteiger partial charge in [-0.05, 0) is 25.1 Å². The highest BCUT2D eigenvalue weighted by Crippen LogP contribution is 2.31. The van der Waals surface area contributed by atoms with E-state index in [2.05, 4.69) is 15.5 Å². The smallest absolute Gasteiger partial charge is 0.267 e. The fraction of sp³-hybridized carbons (Fsp3) is 0.0833. The molecule has 1 N–H and O–H groups in total. The fourth-order valence-corrected chi connectivity index (χ4v) is 2.91. The number of thiophene rings is 1. The van der Waals surface area contributed by atoms with E-state index in [0.29, 0.717) is 25.5 Å². The Morgan fingerprint density at radius 1 is 1.37 bits per heavy atom. The number of aromatic nitrogens is 1. The van der Waals surface area contributed by atoms with Crippen LogP contribution in [0.5, 0.6) is 0 Å². The largest absolute Gasteiger partial charge is 0.271 e. The Kier molecular flexibility index (Phi) is 4.52. The molecule has 2 aromatic rings. The predicted octanol–water partition coefficient (Wildman–Crippen LogP) is 3.60. The van der Waals surface area contributed by atoms with Crippen molar-refractivity contribution in [3.05, 3.63) is 50.4 Å². The van der Waals surface area contributed by atoms with Gasteiger partial charge in [-0.1, -0.05) is 23.2 Å². The van der Waals surface area contributed by atoms with E-state index in [1.165, 1.54) is 11.3 Å². The van der Waals surface area contributed by atoms with Gasteiger partial charge in [0.2, 0.25) is 0 Å². The third-order valence-electron chi connectivity index (χ3n) is 2.31. The van der Waals surface area contributed by atoms with Crippen LogP contribution in [0, 0.1) is 0 Å². The molecule has 0 saturated carbocycles. The van der Waals surface area contributed by atoms with E-state index < -0.39 is 0 Å². The van der Waals surface area contributed by atoms with Crippen LogP contribution >= 0.6 is 34.5 Å². The van der Waals surface area contributed by atoms with Crippen LogP contribution in [0.3, 0.4) is 0 Å². The summed E-state index contributed by atoms with van der Waals surface area (Å²) < 4.78 is 1.12. The molecule has 1 amide bonds. The first-order valence-electron chi connectivity index (χ1n) is 5.28. The minimum atomic E-state index is -0.306. The number of carbonyl (C=O) groups excluding carboxylic acids is 1. The second-order valence-electron chi connectivity index (χ2n) is 3.61. The second kappa shape index (κ2) is 6.14. The molecular weight excluding hydrogens is 305 g/mol. The minimum absolute atomic E-state index is 0.306. The number of nitrogens with one attached hydrogen (secondary N) is 1. The Balaban J connectivity index is 2.11. The van der Waals surface area contributed by atoms with Crippen molar-refractivity contribution in [3.63, 3.8) is 0 Å². The summed E-state index contributed by atoms with van der Waals surface area (Å²) in [5, 5.41) is 4.01. The summed E-state index contributed by atoms with van der Waals surface area (Å²) in [6.45, 7) is 1.75. The lowest BCUT2D eigenvalue weighted by molar-refractivity contribution is 0.0954. The SMILES string of the molecule is CC(=NNC(=O)c1ccncc1)c1cc(Cl)sc1Cl. The minimum Gasteiger partial charge on any atom is -0.267 e. The number of pyridine rings is 1. The van der Waals surface area contributed by atoms with Gasteiger partial charge in [0.05, 0.1) is 10.0 Å². The number of amides is 1. The molecule has 4 nitrogen and oxygen atoms in total. The molecule has 0 aliphatic rings. The van der Waals surface area contributed by atoms with Gasteiger partial charge >= 0.3 is 0 Å². The van der Waals surface area contributed by atoms with Gasteiger partial charge in [-0.15, -0.1) is 11.3 Å². The molecule has 0 aliphatic carbocycles. The van der Waals surface area contributed by atoms with Gasteiger partial charge < -0.3 is 0 Å². The zero-order valence-corrected chi connectivity index (χ0v) is 12.2. The van der Waals surface area contributed by atoms with E-state index >= 15 is 0 Å². The molecule has 0 radical (unpaired) electrons. The molecule has 2 rings (SSSR count). The van der Waals surface area contributed by atoms with Crippen LogP contribution in [-0.4, -0.2) is 16.6 Å². The Hall–Kier alpha value is -1.43. The van der Waals surface area contributed by atoms with Crippen molar-refractivity contribution in [1.82, 2.24) is 10.4 Å². The van der Waals surface area contributed by atoms with Crippen molar-refractivity contribution in [2.24, 2.45) is 5.10 Å². The first kappa shape index (κ1) is 14.0. The highest BCUT2D eigenvalue weighted by molar-refractivity contribution is 7.20. The molecule has 7 heteroatoms. The summed E-state index contributed by atoms with van der Waals surface area (Å²) in [6, 6.07) is 4.93. The molecule has 0 aliphatic heterocycles. The maximum absolute atomic E-state index is 11.8. The van der Waals surface area contributed by atoms with Crippen LogP contribution in [0.25, 0.3) is 0 Å². The van der Waals surface area contributed by atoms with Crippen molar-refractivity contribution in [2.45, 2.75) is 6.92 Å². The van der Waals surface area contributed by atoms with Crippen LogP contribution in [-0.2, 0) is 0 Å². The first-order valence-corrected chi connectivity index (χ1v) is 6.85. The van der Waals surface area contributed by atoms with E-state index in [0.717, 1.165) is 0 Å². The fourth-order valence-electron chi connectivity index (χ4n) is 1.35. The van der Waals surface area contributed by atoms with Gasteiger partial charge in [0.15, 0.2) is 0 Å². The third-order valence-corrected chi connectivity index (χ3v) is 3.80. The van der Waals surface area contributed by atoms with Crippen molar-refractivity contribution < 1.29 is 4.79 Å². The van der Waals surface area contributed by atoms with Gasteiger partial charge in [-0.25, -0.2) is 5.43 Å². The zero-order chi connectivity index (χ0) is 13.8. The van der Waals surface area contributed by atoms with Gasteiger partial charge in [-0.3, -0.25) is 9.78 Å². The Bertz CT molecular complexity index is 625. The van der Waals surface area contributed by atoms with Gasteiger partial charge in [-0.2, -0.15) is 5.10 Å². The van der Waals surface area contributed by atoms with E-state index in [-0.39, 0.29) is 5.91 Å². The molecule has 0 spiro atoms. The monoisotopic (exact) mass is 313 g/mol. The summed E-state index contributed by atoms with van der Waals surface area (Å²) in [5.74, 6) is -0.306. The topological polar surface area (TPSA) is 54.4 Å². The lowest BCUT2D eigenvalue weighted by atomic mass is 10.2. The number of hydrogen-bond donors (Lipinski definition) is 1. The molecule has 98 valence electrons. The summed E-state index contributed by atoms with van der Waals surface area (Å²) in [4.78, 5) is 15.6. The maximum Gasteiger partial charge on any atom is 0.271 e. The van der Waals surface area contributed by atoms with Crippen LogP contribution in [0.15, 0.2) is 35.7 Å². The average Bonchev–Trinajstić information content (AvgIpc) is 2.75. The molecule has 0 atom stereocenters. The summed E-state index contributed by atoms with van der Waals surface area (Å²) in [5.41, 5.74) is 4.25. The molecule has 0 bridgehead atoms. The second-order valence-corrected chi connectivity index (χ2v) is 5.90. The molecule has 19 heavy (non-hydrogen) atoms. The van der Waals surface area contributed by atoms with Crippen LogP contribution in [0.4, 0.5) is 0 Å². The van der Waals surface area contributed by atoms with Gasteiger partial charge in [0, 0.05) is 23.5 Å². The summed E-state index contributed by atoms with van der Waals surface area (Å²) >= 11 is 13.1. The van der Waals surface area contributed by atoms with Crippen LogP contribution in [0.1, 0.15) is 22.8 Å². The van der Waals surface area contributed by atoms with E-state index in [9.17, 15) is 4.79 Å². The lowest BCUT2D eigenvalue weighted by Crippen LogP contribution is -2.19. The molecule has 0 unspecified atom stereocenters. The molecule has 2 heterocycles. The molecule has 0 saturated heterocycles. The molecule has 0 aromatic carbocycles. The maximum atomic E-state index is 11.8. The number of carbonyl (C=O) groups is 1. The lowest BCUT2D eigenvalue weighted by Gasteiger charge is -2.01. The highest BCUT2D eigenvalue weighted by atomic mass is 35.5. The number of nitrogens with zero attached hydrogens (tertiary/aromatic N) is 2. The Labute approximate surface area is 124 Å². The van der Waals surface area contributed by atoms with E-state index in [1.807, 2.05) is 0 Å². The van der Waals surface area contributed by atoms with Gasteiger partial charge in [0.25, 0.3) is 5.91 Å². The predicted molar refractivity (Wildman–Crippen MR) is 78.3 cm³/mol. The van der Waals surface area contributed by atoms with Crippen LogP contribution < -0.4 is 5.43 Å². The quantitative estimate of drug-likeness (QED) is 0.695. The number of hydrazone groups is 1. The van der Waals surface area contributed by atoms with Crippen molar-refractivity contribution in [2.75, 3.05) is 0 Å². The average molecular weight is 314 g/mol. The van der Waals surface area contributed by atoms with Crippen molar-refractivity contribution >= 4 is 46.2 Å². The molecule has 0 fully saturated rings. The normalized spacial score (nSPS) is 11.4. The number of halogens is 2. The number of rotatable bonds is 3. The Morgan fingerprint density at radius 3 is 2.63 bits per heavy atom.